The normalized spacial score (nSPS) is 13.8. The first-order valence-corrected chi connectivity index (χ1v) is 6.61. The Morgan fingerprint density at radius 1 is 1.39 bits per heavy atom. The lowest BCUT2D eigenvalue weighted by Crippen LogP contribution is -2.41. The van der Waals surface area contributed by atoms with Gasteiger partial charge in [-0.3, -0.25) is 4.79 Å². The zero-order valence-electron chi connectivity index (χ0n) is 10.7. The maximum atomic E-state index is 11.8. The Hall–Kier alpha value is -0.930. The minimum absolute atomic E-state index is 0.129. The molecule has 5 heteroatoms. The molecule has 3 nitrogen and oxygen atoms in total. The molecule has 0 fully saturated rings. The van der Waals surface area contributed by atoms with Crippen LogP contribution in [-0.2, 0) is 4.79 Å². The van der Waals surface area contributed by atoms with Crippen LogP contribution in [0.4, 0.5) is 0 Å². The second-order valence-corrected chi connectivity index (χ2v) is 5.00. The zero-order valence-corrected chi connectivity index (χ0v) is 12.2. The summed E-state index contributed by atoms with van der Waals surface area (Å²) in [6, 6.07) is 5.03. The van der Waals surface area contributed by atoms with Crippen LogP contribution in [0.2, 0.25) is 10.0 Å². The molecular weight excluding hydrogens is 273 g/mol. The maximum absolute atomic E-state index is 11.8. The highest BCUT2D eigenvalue weighted by Crippen LogP contribution is 2.28. The quantitative estimate of drug-likeness (QED) is 0.898. The van der Waals surface area contributed by atoms with E-state index in [-0.39, 0.29) is 11.9 Å². The van der Waals surface area contributed by atoms with Crippen molar-refractivity contribution in [2.24, 2.45) is 0 Å². The summed E-state index contributed by atoms with van der Waals surface area (Å²) >= 11 is 11.8. The molecule has 100 valence electrons. The summed E-state index contributed by atoms with van der Waals surface area (Å²) in [5.74, 6) is 0.295. The fourth-order valence-electron chi connectivity index (χ4n) is 1.28. The SMILES string of the molecule is CC[C@H](C)NC(=O)[C@@H](C)Oc1ccc(Cl)cc1Cl. The van der Waals surface area contributed by atoms with E-state index in [1.807, 2.05) is 13.8 Å². The number of hydrogen-bond donors (Lipinski definition) is 1. The van der Waals surface area contributed by atoms with Gasteiger partial charge in [-0.05, 0) is 38.5 Å². The molecule has 2 atom stereocenters. The molecule has 1 rings (SSSR count). The molecule has 0 unspecified atom stereocenters. The summed E-state index contributed by atoms with van der Waals surface area (Å²) in [5.41, 5.74) is 0. The molecule has 0 radical (unpaired) electrons. The van der Waals surface area contributed by atoms with Gasteiger partial charge >= 0.3 is 0 Å². The number of benzene rings is 1. The summed E-state index contributed by atoms with van der Waals surface area (Å²) in [5, 5.41) is 3.77. The van der Waals surface area contributed by atoms with Crippen molar-refractivity contribution in [1.29, 1.82) is 0 Å². The van der Waals surface area contributed by atoms with Crippen molar-refractivity contribution in [1.82, 2.24) is 5.32 Å². The summed E-state index contributed by atoms with van der Waals surface area (Å²) in [6.07, 6.45) is 0.276. The van der Waals surface area contributed by atoms with Gasteiger partial charge in [-0.2, -0.15) is 0 Å². The number of ether oxygens (including phenoxy) is 1. The summed E-state index contributed by atoms with van der Waals surface area (Å²) in [4.78, 5) is 11.8. The minimum Gasteiger partial charge on any atom is -0.479 e. The highest BCUT2D eigenvalue weighted by molar-refractivity contribution is 6.35. The highest BCUT2D eigenvalue weighted by Gasteiger charge is 2.17. The molecule has 0 spiro atoms. The topological polar surface area (TPSA) is 38.3 Å². The van der Waals surface area contributed by atoms with Crippen molar-refractivity contribution in [2.45, 2.75) is 39.3 Å². The molecule has 1 N–H and O–H groups in total. The fourth-order valence-corrected chi connectivity index (χ4v) is 1.73. The number of halogens is 2. The van der Waals surface area contributed by atoms with Gasteiger partial charge in [-0.15, -0.1) is 0 Å². The van der Waals surface area contributed by atoms with Gasteiger partial charge in [0.05, 0.1) is 5.02 Å². The van der Waals surface area contributed by atoms with Crippen molar-refractivity contribution in [3.8, 4) is 5.75 Å². The molecule has 0 aliphatic heterocycles. The number of nitrogens with one attached hydrogen (secondary N) is 1. The van der Waals surface area contributed by atoms with E-state index in [0.717, 1.165) is 6.42 Å². The largest absolute Gasteiger partial charge is 0.479 e. The number of amides is 1. The van der Waals surface area contributed by atoms with E-state index in [1.54, 1.807) is 25.1 Å². The molecule has 0 aromatic heterocycles. The predicted molar refractivity (Wildman–Crippen MR) is 74.4 cm³/mol. The highest BCUT2D eigenvalue weighted by atomic mass is 35.5. The van der Waals surface area contributed by atoms with Crippen LogP contribution in [-0.4, -0.2) is 18.1 Å². The molecule has 18 heavy (non-hydrogen) atoms. The fraction of sp³-hybridized carbons (Fsp3) is 0.462. The molecule has 1 aromatic rings. The molecule has 0 saturated heterocycles. The van der Waals surface area contributed by atoms with E-state index < -0.39 is 6.10 Å². The maximum Gasteiger partial charge on any atom is 0.260 e. The summed E-state index contributed by atoms with van der Waals surface area (Å²) in [6.45, 7) is 5.63. The van der Waals surface area contributed by atoms with Crippen LogP contribution in [0.25, 0.3) is 0 Å². The van der Waals surface area contributed by atoms with Crippen molar-refractivity contribution in [3.63, 3.8) is 0 Å². The van der Waals surface area contributed by atoms with E-state index in [2.05, 4.69) is 5.32 Å². The third-order valence-electron chi connectivity index (χ3n) is 2.57. The number of carbonyl (C=O) groups is 1. The third-order valence-corrected chi connectivity index (χ3v) is 3.10. The van der Waals surface area contributed by atoms with Gasteiger partial charge in [0, 0.05) is 11.1 Å². The van der Waals surface area contributed by atoms with Crippen LogP contribution in [0.3, 0.4) is 0 Å². The van der Waals surface area contributed by atoms with Gasteiger partial charge in [-0.25, -0.2) is 0 Å². The first kappa shape index (κ1) is 15.1. The molecule has 0 bridgehead atoms. The van der Waals surface area contributed by atoms with Gasteiger partial charge in [0.25, 0.3) is 5.91 Å². The standard InChI is InChI=1S/C13H17Cl2NO2/c1-4-8(2)16-13(17)9(3)18-12-6-5-10(14)7-11(12)15/h5-9H,4H2,1-3H3,(H,16,17)/t8-,9+/m0/s1. The third kappa shape index (κ3) is 4.39. The summed E-state index contributed by atoms with van der Waals surface area (Å²) in [7, 11) is 0. The second kappa shape index (κ2) is 6.86. The average molecular weight is 290 g/mol. The van der Waals surface area contributed by atoms with E-state index in [9.17, 15) is 4.79 Å². The van der Waals surface area contributed by atoms with Crippen LogP contribution in [0, 0.1) is 0 Å². The second-order valence-electron chi connectivity index (χ2n) is 4.15. The van der Waals surface area contributed by atoms with E-state index in [4.69, 9.17) is 27.9 Å². The minimum atomic E-state index is -0.599. The first-order valence-electron chi connectivity index (χ1n) is 5.86. The van der Waals surface area contributed by atoms with Crippen LogP contribution in [0.15, 0.2) is 18.2 Å². The van der Waals surface area contributed by atoms with Gasteiger partial charge in [0.15, 0.2) is 6.10 Å². The van der Waals surface area contributed by atoms with Crippen molar-refractivity contribution in [3.05, 3.63) is 28.2 Å². The molecule has 0 aliphatic carbocycles. The van der Waals surface area contributed by atoms with Crippen LogP contribution in [0.1, 0.15) is 27.2 Å². The van der Waals surface area contributed by atoms with Gasteiger partial charge in [-0.1, -0.05) is 30.1 Å². The van der Waals surface area contributed by atoms with Crippen molar-refractivity contribution in [2.75, 3.05) is 0 Å². The first-order chi connectivity index (χ1) is 8.43. The predicted octanol–water partition coefficient (Wildman–Crippen LogP) is 3.68. The van der Waals surface area contributed by atoms with Gasteiger partial charge in [0.2, 0.25) is 0 Å². The monoisotopic (exact) mass is 289 g/mol. The van der Waals surface area contributed by atoms with Gasteiger partial charge in [0.1, 0.15) is 5.75 Å². The van der Waals surface area contributed by atoms with E-state index in [0.29, 0.717) is 15.8 Å². The Kier molecular flexibility index (Phi) is 5.76. The number of carbonyl (C=O) groups excluding carboxylic acids is 1. The lowest BCUT2D eigenvalue weighted by Gasteiger charge is -2.18. The smallest absolute Gasteiger partial charge is 0.260 e. The Labute approximate surface area is 117 Å². The molecule has 1 aromatic carbocycles. The molecule has 0 heterocycles. The zero-order chi connectivity index (χ0) is 13.7. The average Bonchev–Trinajstić information content (AvgIpc) is 2.32. The van der Waals surface area contributed by atoms with E-state index in [1.165, 1.54) is 0 Å². The summed E-state index contributed by atoms with van der Waals surface area (Å²) < 4.78 is 5.50. The Bertz CT molecular complexity index is 423. The number of rotatable bonds is 5. The molecule has 0 saturated carbocycles. The van der Waals surface area contributed by atoms with Gasteiger partial charge < -0.3 is 10.1 Å². The molecular formula is C13H17Cl2NO2. The van der Waals surface area contributed by atoms with Crippen LogP contribution >= 0.6 is 23.2 Å². The van der Waals surface area contributed by atoms with Crippen LogP contribution < -0.4 is 10.1 Å². The number of hydrogen-bond acceptors (Lipinski definition) is 2. The Balaban J connectivity index is 2.63. The van der Waals surface area contributed by atoms with Crippen molar-refractivity contribution < 1.29 is 9.53 Å². The lowest BCUT2D eigenvalue weighted by molar-refractivity contribution is -0.127. The van der Waals surface area contributed by atoms with Crippen LogP contribution in [0.5, 0.6) is 5.75 Å². The molecule has 1 amide bonds. The Morgan fingerprint density at radius 3 is 2.61 bits per heavy atom. The van der Waals surface area contributed by atoms with E-state index >= 15 is 0 Å². The Morgan fingerprint density at radius 2 is 2.06 bits per heavy atom. The molecule has 0 aliphatic rings. The lowest BCUT2D eigenvalue weighted by atomic mass is 10.2. The van der Waals surface area contributed by atoms with Crippen molar-refractivity contribution >= 4 is 29.1 Å².